The molecule has 0 spiro atoms. The molecule has 10 rings (SSSR count). The average Bonchev–Trinajstić information content (AvgIpc) is 3.36. The third-order valence-electron chi connectivity index (χ3n) is 12.8. The van der Waals surface area contributed by atoms with Crippen LogP contribution < -0.4 is 45.4 Å². The highest BCUT2D eigenvalue weighted by molar-refractivity contribution is 5.76. The Bertz CT molecular complexity index is 2750. The number of likely N-dealkylation sites (tertiary alicyclic amines) is 2. The molecule has 2 fully saturated rings. The van der Waals surface area contributed by atoms with Gasteiger partial charge in [0.1, 0.15) is 38.0 Å². The van der Waals surface area contributed by atoms with Gasteiger partial charge in [-0.15, -0.1) is 0 Å². The van der Waals surface area contributed by atoms with Gasteiger partial charge in [0.05, 0.1) is 65.4 Å². The molecule has 6 aromatic heterocycles. The maximum absolute atomic E-state index is 13.7. The molecule has 2 N–H and O–H groups in total. The second-order valence-electron chi connectivity index (χ2n) is 17.5. The smallest absolute Gasteiger partial charge is 0.251 e. The fourth-order valence-electron chi connectivity index (χ4n) is 9.37. The van der Waals surface area contributed by atoms with Gasteiger partial charge in [-0.1, -0.05) is 0 Å². The van der Waals surface area contributed by atoms with Crippen molar-refractivity contribution in [2.75, 3.05) is 85.9 Å². The number of nitrogens with zero attached hydrogens (tertiary/aromatic N) is 8. The predicted molar refractivity (Wildman–Crippen MR) is 251 cm³/mol. The van der Waals surface area contributed by atoms with Crippen molar-refractivity contribution in [3.05, 3.63) is 111 Å². The van der Waals surface area contributed by atoms with Crippen molar-refractivity contribution >= 4 is 22.1 Å². The number of methoxy groups -OCH3 is 1. The van der Waals surface area contributed by atoms with Crippen LogP contribution in [0.5, 0.6) is 28.7 Å². The Hall–Kier alpha value is -6.21. The van der Waals surface area contributed by atoms with Crippen molar-refractivity contribution < 1.29 is 28.1 Å². The lowest BCUT2D eigenvalue weighted by Crippen LogP contribution is -2.41. The number of hydrogen-bond acceptors (Lipinski definition) is 15. The standard InChI is InChI=1S/C25H31N5O4.C24H28FN5O3/c1-32-20-12-22-21(28-15-20)4-5-25(31)30(22)8-7-29-6-2-3-18(17-29)13-26-14-19-11-23-24(16-27-19)34-10-9-33-23;25-18-10-21-20(28-13-18)3-4-24(31)30(21)7-6-29-5-1-2-17(16-29)12-26-14-19-11-22-23(15-27-19)33-9-8-32-22/h4-5,11-12,15-16,18,26H,2-3,6-10,13-14,17H2,1H3;3-4,10-11,13,15,17,26H,1-2,5-9,12,14,16H2. The van der Waals surface area contributed by atoms with Crippen molar-refractivity contribution in [1.82, 2.24) is 49.5 Å². The Balaban J connectivity index is 0.000000168. The number of nitrogens with one attached hydrogen (secondary N) is 2. The van der Waals surface area contributed by atoms with Crippen LogP contribution in [0.3, 0.4) is 0 Å². The Labute approximate surface area is 388 Å². The minimum atomic E-state index is -0.432. The van der Waals surface area contributed by atoms with E-state index in [1.54, 1.807) is 53.0 Å². The van der Waals surface area contributed by atoms with Gasteiger partial charge in [0.25, 0.3) is 11.1 Å². The molecular weight excluding hydrogens is 860 g/mol. The van der Waals surface area contributed by atoms with E-state index >= 15 is 0 Å². The zero-order valence-corrected chi connectivity index (χ0v) is 38.0. The molecule has 17 nitrogen and oxygen atoms in total. The molecule has 10 heterocycles. The largest absolute Gasteiger partial charge is 0.495 e. The number of hydrogen-bond donors (Lipinski definition) is 2. The fraction of sp³-hybridized carbons (Fsp3) is 0.469. The first-order valence-corrected chi connectivity index (χ1v) is 23.4. The minimum Gasteiger partial charge on any atom is -0.495 e. The number of rotatable bonds is 15. The van der Waals surface area contributed by atoms with Gasteiger partial charge in [0.2, 0.25) is 0 Å². The summed E-state index contributed by atoms with van der Waals surface area (Å²) in [5, 5.41) is 7.08. The van der Waals surface area contributed by atoms with E-state index in [9.17, 15) is 14.0 Å². The second-order valence-corrected chi connectivity index (χ2v) is 17.5. The summed E-state index contributed by atoms with van der Waals surface area (Å²) < 4.78 is 44.8. The lowest BCUT2D eigenvalue weighted by atomic mass is 9.98. The second kappa shape index (κ2) is 22.1. The van der Waals surface area contributed by atoms with Crippen LogP contribution in [0.2, 0.25) is 0 Å². The van der Waals surface area contributed by atoms with Crippen LogP contribution >= 0.6 is 0 Å². The Morgan fingerprint density at radius 1 is 0.612 bits per heavy atom. The summed E-state index contributed by atoms with van der Waals surface area (Å²) in [5.74, 6) is 4.28. The third kappa shape index (κ3) is 11.9. The first-order chi connectivity index (χ1) is 32.8. The molecule has 0 saturated carbocycles. The summed E-state index contributed by atoms with van der Waals surface area (Å²) in [5.41, 5.74) is 4.54. The van der Waals surface area contributed by atoms with E-state index < -0.39 is 5.82 Å². The van der Waals surface area contributed by atoms with Gasteiger partial charge in [0, 0.05) is 88.8 Å². The maximum Gasteiger partial charge on any atom is 0.251 e. The molecule has 0 aliphatic carbocycles. The highest BCUT2D eigenvalue weighted by Gasteiger charge is 2.22. The van der Waals surface area contributed by atoms with E-state index in [0.717, 1.165) is 105 Å². The van der Waals surface area contributed by atoms with E-state index in [2.05, 4.69) is 40.4 Å². The summed E-state index contributed by atoms with van der Waals surface area (Å²) in [6.45, 7) is 12.3. The zero-order chi connectivity index (χ0) is 46.0. The van der Waals surface area contributed by atoms with E-state index in [-0.39, 0.29) is 11.1 Å². The van der Waals surface area contributed by atoms with Crippen LogP contribution in [0, 0.1) is 17.7 Å². The summed E-state index contributed by atoms with van der Waals surface area (Å²) in [7, 11) is 1.61. The third-order valence-corrected chi connectivity index (χ3v) is 12.8. The lowest BCUT2D eigenvalue weighted by molar-refractivity contribution is 0.166. The Kier molecular flexibility index (Phi) is 15.1. The number of pyridine rings is 6. The quantitative estimate of drug-likeness (QED) is 0.150. The topological polar surface area (TPSA) is 172 Å². The number of fused-ring (bicyclic) bond motifs is 4. The fourth-order valence-corrected chi connectivity index (χ4v) is 9.37. The molecule has 2 saturated heterocycles. The van der Waals surface area contributed by atoms with Gasteiger partial charge < -0.3 is 53.3 Å². The van der Waals surface area contributed by atoms with Crippen LogP contribution in [0.25, 0.3) is 22.1 Å². The molecule has 354 valence electrons. The molecule has 4 aliphatic heterocycles. The van der Waals surface area contributed by atoms with Gasteiger partial charge in [-0.3, -0.25) is 29.5 Å². The number of ether oxygens (including phenoxy) is 5. The van der Waals surface area contributed by atoms with Gasteiger partial charge in [0.15, 0.2) is 23.0 Å². The van der Waals surface area contributed by atoms with Gasteiger partial charge in [-0.2, -0.15) is 0 Å². The van der Waals surface area contributed by atoms with Gasteiger partial charge >= 0.3 is 0 Å². The Morgan fingerprint density at radius 2 is 1.10 bits per heavy atom. The van der Waals surface area contributed by atoms with Crippen LogP contribution in [0.15, 0.2) is 82.9 Å². The minimum absolute atomic E-state index is 0.00953. The summed E-state index contributed by atoms with van der Waals surface area (Å²) >= 11 is 0. The highest BCUT2D eigenvalue weighted by atomic mass is 19.1. The molecule has 0 bridgehead atoms. The van der Waals surface area contributed by atoms with Gasteiger partial charge in [-0.05, 0) is 75.8 Å². The van der Waals surface area contributed by atoms with E-state index in [0.29, 0.717) is 87.0 Å². The molecule has 67 heavy (non-hydrogen) atoms. The molecule has 0 aromatic carbocycles. The van der Waals surface area contributed by atoms with Crippen molar-refractivity contribution in [1.29, 1.82) is 0 Å². The van der Waals surface area contributed by atoms with Crippen LogP contribution in [0.4, 0.5) is 4.39 Å². The first-order valence-electron chi connectivity index (χ1n) is 23.4. The van der Waals surface area contributed by atoms with Gasteiger partial charge in [-0.25, -0.2) is 4.39 Å². The van der Waals surface area contributed by atoms with Crippen molar-refractivity contribution in [3.63, 3.8) is 0 Å². The molecule has 0 amide bonds. The number of aromatic nitrogens is 6. The molecule has 18 heteroatoms. The van der Waals surface area contributed by atoms with Crippen molar-refractivity contribution in [2.24, 2.45) is 11.8 Å². The molecular formula is C49H59FN10O7. The average molecular weight is 919 g/mol. The predicted octanol–water partition coefficient (Wildman–Crippen LogP) is 4.28. The zero-order valence-electron chi connectivity index (χ0n) is 38.0. The molecule has 0 radical (unpaired) electrons. The van der Waals surface area contributed by atoms with Crippen LogP contribution in [-0.4, -0.2) is 125 Å². The summed E-state index contributed by atoms with van der Waals surface area (Å²) in [6, 6.07) is 13.7. The number of halogens is 1. The monoisotopic (exact) mass is 918 g/mol. The molecule has 2 unspecified atom stereocenters. The lowest BCUT2D eigenvalue weighted by Gasteiger charge is -2.33. The highest BCUT2D eigenvalue weighted by Crippen LogP contribution is 2.30. The van der Waals surface area contributed by atoms with Crippen molar-refractivity contribution in [3.8, 4) is 28.7 Å². The van der Waals surface area contributed by atoms with E-state index in [1.807, 2.05) is 18.2 Å². The normalized spacial score (nSPS) is 18.4. The summed E-state index contributed by atoms with van der Waals surface area (Å²) in [6.07, 6.45) is 11.0. The number of piperidine rings is 2. The SMILES string of the molecule is COc1cnc2ccc(=O)n(CCN3CCCC(CNCc4cc5c(cn4)OCCO5)C3)c2c1.O=c1ccc2ncc(F)cc2n1CCN1CCCC(CNCc2cc3c(cn2)OCCO3)C1. The molecule has 4 aliphatic rings. The molecule has 2 atom stereocenters. The van der Waals surface area contributed by atoms with E-state index in [1.165, 1.54) is 31.2 Å². The van der Waals surface area contributed by atoms with Crippen LogP contribution in [-0.2, 0) is 26.2 Å². The summed E-state index contributed by atoms with van der Waals surface area (Å²) in [4.78, 5) is 47.3. The van der Waals surface area contributed by atoms with Crippen molar-refractivity contribution in [2.45, 2.75) is 51.9 Å². The van der Waals surface area contributed by atoms with Crippen LogP contribution in [0.1, 0.15) is 37.1 Å². The van der Waals surface area contributed by atoms with E-state index in [4.69, 9.17) is 23.7 Å². The first kappa shape index (κ1) is 45.9. The maximum atomic E-state index is 13.7. The molecule has 6 aromatic rings. The Morgan fingerprint density at radius 3 is 1.63 bits per heavy atom.